The van der Waals surface area contributed by atoms with Gasteiger partial charge in [0.15, 0.2) is 6.10 Å². The fourth-order valence-corrected chi connectivity index (χ4v) is 5.17. The second kappa shape index (κ2) is 7.62. The normalized spacial score (nSPS) is 18.1. The van der Waals surface area contributed by atoms with Crippen LogP contribution in [0.3, 0.4) is 0 Å². The number of thiophene rings is 1. The number of carbonyl (C=O) groups excluding carboxylic acids is 2. The van der Waals surface area contributed by atoms with Crippen LogP contribution < -0.4 is 0 Å². The van der Waals surface area contributed by atoms with Crippen molar-refractivity contribution in [3.63, 3.8) is 0 Å². The fourth-order valence-electron chi connectivity index (χ4n) is 2.55. The van der Waals surface area contributed by atoms with Gasteiger partial charge in [0.05, 0.1) is 5.92 Å². The average Bonchev–Trinajstić information content (AvgIpc) is 3.09. The van der Waals surface area contributed by atoms with Crippen molar-refractivity contribution in [2.24, 2.45) is 5.92 Å². The van der Waals surface area contributed by atoms with Crippen LogP contribution in [0.15, 0.2) is 21.7 Å². The average molecular weight is 374 g/mol. The van der Waals surface area contributed by atoms with E-state index in [-0.39, 0.29) is 24.9 Å². The third-order valence-electron chi connectivity index (χ3n) is 3.96. The fraction of sp³-hybridized carbons (Fsp3) is 0.600. The minimum atomic E-state index is -3.48. The van der Waals surface area contributed by atoms with Crippen molar-refractivity contribution in [3.05, 3.63) is 17.5 Å². The maximum absolute atomic E-state index is 12.4. The van der Waals surface area contributed by atoms with Crippen molar-refractivity contribution in [1.82, 2.24) is 9.21 Å². The number of hydrogen-bond donors (Lipinski definition) is 0. The quantitative estimate of drug-likeness (QED) is 0.723. The molecule has 24 heavy (non-hydrogen) atoms. The molecular weight excluding hydrogens is 352 g/mol. The van der Waals surface area contributed by atoms with Gasteiger partial charge in [0.2, 0.25) is 0 Å². The lowest BCUT2D eigenvalue weighted by Gasteiger charge is -2.30. The van der Waals surface area contributed by atoms with Crippen LogP contribution in [0.25, 0.3) is 0 Å². The Morgan fingerprint density at radius 2 is 1.96 bits per heavy atom. The van der Waals surface area contributed by atoms with Crippen molar-refractivity contribution >= 4 is 33.2 Å². The topological polar surface area (TPSA) is 84.0 Å². The number of likely N-dealkylation sites (N-methyl/N-ethyl adjacent to an activating group) is 1. The van der Waals surface area contributed by atoms with E-state index in [9.17, 15) is 18.0 Å². The Hall–Kier alpha value is -1.45. The van der Waals surface area contributed by atoms with Crippen molar-refractivity contribution < 1.29 is 22.7 Å². The van der Waals surface area contributed by atoms with Crippen LogP contribution >= 0.6 is 11.3 Å². The molecule has 9 heteroatoms. The highest BCUT2D eigenvalue weighted by atomic mass is 32.2. The second-order valence-corrected chi connectivity index (χ2v) is 9.03. The van der Waals surface area contributed by atoms with Crippen molar-refractivity contribution in [2.45, 2.75) is 30.1 Å². The van der Waals surface area contributed by atoms with Gasteiger partial charge in [0, 0.05) is 27.2 Å². The van der Waals surface area contributed by atoms with Gasteiger partial charge in [0.25, 0.3) is 15.9 Å². The Morgan fingerprint density at radius 3 is 2.46 bits per heavy atom. The smallest absolute Gasteiger partial charge is 0.309 e. The summed E-state index contributed by atoms with van der Waals surface area (Å²) >= 11 is 1.18. The number of piperidine rings is 1. The van der Waals surface area contributed by atoms with E-state index >= 15 is 0 Å². The molecule has 1 fully saturated rings. The van der Waals surface area contributed by atoms with E-state index in [0.29, 0.717) is 17.1 Å². The van der Waals surface area contributed by atoms with Crippen LogP contribution in [-0.2, 0) is 24.3 Å². The molecule has 0 bridgehead atoms. The molecule has 1 aromatic heterocycles. The molecule has 2 rings (SSSR count). The lowest BCUT2D eigenvalue weighted by Crippen LogP contribution is -2.42. The van der Waals surface area contributed by atoms with Crippen LogP contribution in [0.2, 0.25) is 0 Å². The summed E-state index contributed by atoms with van der Waals surface area (Å²) in [6.07, 6.45) is -0.0427. The molecule has 1 atom stereocenters. The highest BCUT2D eigenvalue weighted by Gasteiger charge is 2.34. The van der Waals surface area contributed by atoms with Crippen molar-refractivity contribution in [3.8, 4) is 0 Å². The predicted octanol–water partition coefficient (Wildman–Crippen LogP) is 1.17. The zero-order chi connectivity index (χ0) is 17.9. The highest BCUT2D eigenvalue weighted by molar-refractivity contribution is 7.91. The third-order valence-corrected chi connectivity index (χ3v) is 7.23. The zero-order valence-electron chi connectivity index (χ0n) is 14.0. The molecule has 2 heterocycles. The monoisotopic (exact) mass is 374 g/mol. The Balaban J connectivity index is 1.91. The molecule has 134 valence electrons. The molecule has 1 amide bonds. The Morgan fingerprint density at radius 1 is 1.33 bits per heavy atom. The van der Waals surface area contributed by atoms with E-state index in [2.05, 4.69) is 0 Å². The molecule has 7 nitrogen and oxygen atoms in total. The number of amides is 1. The summed E-state index contributed by atoms with van der Waals surface area (Å²) in [5.74, 6) is -1.09. The van der Waals surface area contributed by atoms with Crippen molar-refractivity contribution in [1.29, 1.82) is 0 Å². The minimum Gasteiger partial charge on any atom is -0.452 e. The van der Waals surface area contributed by atoms with Gasteiger partial charge in [-0.3, -0.25) is 9.59 Å². The Labute approximate surface area is 146 Å². The molecule has 0 saturated carbocycles. The third kappa shape index (κ3) is 4.14. The maximum Gasteiger partial charge on any atom is 0.309 e. The molecule has 1 aliphatic rings. The summed E-state index contributed by atoms with van der Waals surface area (Å²) in [7, 11) is -0.281. The summed E-state index contributed by atoms with van der Waals surface area (Å²) in [6.45, 7) is 2.09. The summed E-state index contributed by atoms with van der Waals surface area (Å²) in [5, 5.41) is 1.72. The van der Waals surface area contributed by atoms with Crippen LogP contribution in [0.4, 0.5) is 0 Å². The van der Waals surface area contributed by atoms with Gasteiger partial charge in [-0.25, -0.2) is 8.42 Å². The number of ether oxygens (including phenoxy) is 1. The van der Waals surface area contributed by atoms with Gasteiger partial charge in [-0.2, -0.15) is 4.31 Å². The van der Waals surface area contributed by atoms with E-state index in [0.717, 1.165) is 0 Å². The van der Waals surface area contributed by atoms with Crippen LogP contribution in [-0.4, -0.2) is 62.8 Å². The maximum atomic E-state index is 12.4. The standard InChI is InChI=1S/C15H22N2O5S2/c1-11(14(18)16(2)3)22-15(19)12-6-8-17(9-7-12)24(20,21)13-5-4-10-23-13/h4-5,10-12H,6-9H2,1-3H3/t11-/m1/s1. The number of esters is 1. The summed E-state index contributed by atoms with van der Waals surface area (Å²) in [4.78, 5) is 25.3. The van der Waals surface area contributed by atoms with Gasteiger partial charge in [-0.1, -0.05) is 6.07 Å². The molecule has 0 spiro atoms. The first-order chi connectivity index (χ1) is 11.2. The number of carbonyl (C=O) groups is 2. The van der Waals surface area contributed by atoms with E-state index in [4.69, 9.17) is 4.74 Å². The molecule has 1 aromatic rings. The molecule has 0 radical (unpaired) electrons. The number of rotatable bonds is 5. The molecule has 0 aromatic carbocycles. The van der Waals surface area contributed by atoms with E-state index < -0.39 is 22.1 Å². The van der Waals surface area contributed by atoms with E-state index in [1.807, 2.05) is 0 Å². The van der Waals surface area contributed by atoms with Crippen LogP contribution in [0, 0.1) is 5.92 Å². The Bertz CT molecular complexity index is 677. The van der Waals surface area contributed by atoms with Gasteiger partial charge in [-0.05, 0) is 31.2 Å². The SMILES string of the molecule is C[C@@H](OC(=O)C1CCN(S(=O)(=O)c2cccs2)CC1)C(=O)N(C)C. The molecule has 0 unspecified atom stereocenters. The Kier molecular flexibility index (Phi) is 6.00. The molecule has 1 saturated heterocycles. The first-order valence-corrected chi connectivity index (χ1v) is 10.0. The zero-order valence-corrected chi connectivity index (χ0v) is 15.6. The summed E-state index contributed by atoms with van der Waals surface area (Å²) < 4.78 is 31.8. The highest BCUT2D eigenvalue weighted by Crippen LogP contribution is 2.27. The lowest BCUT2D eigenvalue weighted by atomic mass is 9.98. The number of sulfonamides is 1. The van der Waals surface area contributed by atoms with E-state index in [1.165, 1.54) is 27.5 Å². The second-order valence-electron chi connectivity index (χ2n) is 5.92. The number of nitrogens with zero attached hydrogens (tertiary/aromatic N) is 2. The van der Waals surface area contributed by atoms with Gasteiger partial charge in [-0.15, -0.1) is 11.3 Å². The molecule has 0 aliphatic carbocycles. The van der Waals surface area contributed by atoms with Gasteiger partial charge in [0.1, 0.15) is 4.21 Å². The largest absolute Gasteiger partial charge is 0.452 e. The predicted molar refractivity (Wildman–Crippen MR) is 90.0 cm³/mol. The van der Waals surface area contributed by atoms with Gasteiger partial charge < -0.3 is 9.64 Å². The molecular formula is C15H22N2O5S2. The minimum absolute atomic E-state index is 0.274. The van der Waals surface area contributed by atoms with Crippen LogP contribution in [0.5, 0.6) is 0 Å². The molecule has 0 N–H and O–H groups in total. The number of hydrogen-bond acceptors (Lipinski definition) is 6. The molecule has 1 aliphatic heterocycles. The first kappa shape index (κ1) is 18.9. The summed E-state index contributed by atoms with van der Waals surface area (Å²) in [5.41, 5.74) is 0. The van der Waals surface area contributed by atoms with E-state index in [1.54, 1.807) is 31.6 Å². The van der Waals surface area contributed by atoms with Crippen molar-refractivity contribution in [2.75, 3.05) is 27.2 Å². The first-order valence-electron chi connectivity index (χ1n) is 7.68. The van der Waals surface area contributed by atoms with Gasteiger partial charge >= 0.3 is 5.97 Å². The lowest BCUT2D eigenvalue weighted by molar-refractivity contribution is -0.162. The summed E-state index contributed by atoms with van der Waals surface area (Å²) in [6, 6.07) is 3.28. The van der Waals surface area contributed by atoms with Crippen LogP contribution in [0.1, 0.15) is 19.8 Å².